The summed E-state index contributed by atoms with van der Waals surface area (Å²) in [5.74, 6) is 0.787. The molecule has 0 aliphatic rings. The molecule has 0 bridgehead atoms. The molecule has 1 unspecified atom stereocenters. The second kappa shape index (κ2) is 7.62. The summed E-state index contributed by atoms with van der Waals surface area (Å²) in [4.78, 5) is 16.3. The molecule has 1 aromatic rings. The predicted octanol–water partition coefficient (Wildman–Crippen LogP) is 3.24. The second-order valence-electron chi connectivity index (χ2n) is 6.50. The van der Waals surface area contributed by atoms with Gasteiger partial charge >= 0.3 is 6.09 Å². The fraction of sp³-hybridized carbons (Fsp3) is 0.562. The summed E-state index contributed by atoms with van der Waals surface area (Å²) in [6.45, 7) is 10.2. The van der Waals surface area contributed by atoms with E-state index >= 15 is 0 Å². The molecule has 0 spiro atoms. The number of hydrogen-bond acceptors (Lipinski definition) is 6. The molecule has 7 nitrogen and oxygen atoms in total. The van der Waals surface area contributed by atoms with Crippen molar-refractivity contribution in [2.75, 3.05) is 11.1 Å². The first-order valence-electron chi connectivity index (χ1n) is 7.46. The van der Waals surface area contributed by atoms with E-state index in [0.717, 1.165) is 0 Å². The van der Waals surface area contributed by atoms with Crippen LogP contribution in [0.2, 0.25) is 0 Å². The van der Waals surface area contributed by atoms with E-state index in [9.17, 15) is 9.00 Å². The van der Waals surface area contributed by atoms with Crippen molar-refractivity contribution in [2.24, 2.45) is 0 Å². The van der Waals surface area contributed by atoms with Crippen molar-refractivity contribution < 1.29 is 18.5 Å². The lowest BCUT2D eigenvalue weighted by Crippen LogP contribution is -2.28. The Labute approximate surface area is 144 Å². The number of nitrogens with one attached hydrogen (secondary N) is 1. The lowest BCUT2D eigenvalue weighted by atomic mass is 10.2. The van der Waals surface area contributed by atoms with Crippen LogP contribution in [-0.4, -0.2) is 32.2 Å². The smallest absolute Gasteiger partial charge is 0.413 e. The number of nitriles is 1. The number of hydrogen-bond donors (Lipinski definition) is 1. The third-order valence-electron chi connectivity index (χ3n) is 2.60. The van der Waals surface area contributed by atoms with Crippen LogP contribution in [0.15, 0.2) is 17.2 Å². The van der Waals surface area contributed by atoms with Crippen LogP contribution in [0.4, 0.5) is 10.6 Å². The van der Waals surface area contributed by atoms with Gasteiger partial charge in [-0.15, -0.1) is 0 Å². The van der Waals surface area contributed by atoms with E-state index < -0.39 is 28.1 Å². The standard InChI is InChI=1S/C16H23N3O4S/c1-7-24(21)12-8-11(22-16(5,6)10-17)9-18-13(12)19-14(20)23-15(2,3)4/h8-9H,7H2,1-6H3,(H,18,19,20). The Bertz CT molecular complexity index is 675. The first-order valence-corrected chi connectivity index (χ1v) is 8.78. The zero-order valence-electron chi connectivity index (χ0n) is 14.8. The summed E-state index contributed by atoms with van der Waals surface area (Å²) >= 11 is 0. The minimum absolute atomic E-state index is 0.145. The first kappa shape index (κ1) is 19.9. The van der Waals surface area contributed by atoms with Crippen LogP contribution in [0, 0.1) is 11.3 Å². The maximum atomic E-state index is 12.2. The number of amides is 1. The topological polar surface area (TPSA) is 101 Å². The number of carbonyl (C=O) groups excluding carboxylic acids is 1. The summed E-state index contributed by atoms with van der Waals surface area (Å²) in [6.07, 6.45) is 0.678. The molecule has 0 saturated carbocycles. The molecule has 1 rings (SSSR count). The van der Waals surface area contributed by atoms with Gasteiger partial charge in [0.25, 0.3) is 0 Å². The van der Waals surface area contributed by atoms with Crippen molar-refractivity contribution in [2.45, 2.75) is 57.6 Å². The van der Waals surface area contributed by atoms with Crippen molar-refractivity contribution in [1.29, 1.82) is 5.26 Å². The lowest BCUT2D eigenvalue weighted by molar-refractivity contribution is 0.0634. The fourth-order valence-corrected chi connectivity index (χ4v) is 2.50. The molecule has 132 valence electrons. The monoisotopic (exact) mass is 353 g/mol. The Morgan fingerprint density at radius 1 is 1.38 bits per heavy atom. The van der Waals surface area contributed by atoms with Gasteiger partial charge < -0.3 is 9.47 Å². The molecule has 1 aromatic heterocycles. The van der Waals surface area contributed by atoms with Crippen molar-refractivity contribution in [3.8, 4) is 11.8 Å². The Kier molecular flexibility index (Phi) is 6.32. The van der Waals surface area contributed by atoms with Crippen molar-refractivity contribution in [1.82, 2.24) is 4.98 Å². The number of rotatable bonds is 5. The van der Waals surface area contributed by atoms with E-state index in [0.29, 0.717) is 16.4 Å². The van der Waals surface area contributed by atoms with E-state index in [1.54, 1.807) is 41.5 Å². The highest BCUT2D eigenvalue weighted by Gasteiger charge is 2.22. The summed E-state index contributed by atoms with van der Waals surface area (Å²) < 4.78 is 22.9. The van der Waals surface area contributed by atoms with Gasteiger partial charge in [0, 0.05) is 11.8 Å². The highest BCUT2D eigenvalue weighted by atomic mass is 32.2. The molecule has 1 N–H and O–H groups in total. The molecule has 0 radical (unpaired) electrons. The number of carbonyl (C=O) groups is 1. The molecule has 1 amide bonds. The molecular formula is C16H23N3O4S. The third kappa shape index (κ3) is 6.16. The van der Waals surface area contributed by atoms with Gasteiger partial charge in [-0.25, -0.2) is 9.78 Å². The molecular weight excluding hydrogens is 330 g/mol. The Morgan fingerprint density at radius 3 is 2.50 bits per heavy atom. The van der Waals surface area contributed by atoms with E-state index in [4.69, 9.17) is 14.7 Å². The zero-order valence-corrected chi connectivity index (χ0v) is 15.6. The van der Waals surface area contributed by atoms with Gasteiger partial charge in [0.1, 0.15) is 17.4 Å². The van der Waals surface area contributed by atoms with E-state index in [2.05, 4.69) is 10.3 Å². The van der Waals surface area contributed by atoms with Gasteiger partial charge in [0.15, 0.2) is 11.4 Å². The molecule has 0 saturated heterocycles. The Hall–Kier alpha value is -2.14. The highest BCUT2D eigenvalue weighted by molar-refractivity contribution is 7.85. The van der Waals surface area contributed by atoms with E-state index in [1.807, 2.05) is 6.07 Å². The average molecular weight is 353 g/mol. The number of ether oxygens (including phenoxy) is 2. The molecule has 0 aliphatic carbocycles. The molecule has 1 atom stereocenters. The quantitative estimate of drug-likeness (QED) is 0.872. The normalized spacial score (nSPS) is 12.9. The largest absolute Gasteiger partial charge is 0.471 e. The minimum Gasteiger partial charge on any atom is -0.471 e. The Morgan fingerprint density at radius 2 is 2.00 bits per heavy atom. The molecule has 0 aromatic carbocycles. The average Bonchev–Trinajstić information content (AvgIpc) is 2.45. The number of aromatic nitrogens is 1. The van der Waals surface area contributed by atoms with Crippen LogP contribution in [0.3, 0.4) is 0 Å². The summed E-state index contributed by atoms with van der Waals surface area (Å²) in [7, 11) is -1.38. The van der Waals surface area contributed by atoms with Gasteiger partial charge in [0.05, 0.1) is 21.9 Å². The van der Waals surface area contributed by atoms with Crippen molar-refractivity contribution in [3.05, 3.63) is 12.3 Å². The van der Waals surface area contributed by atoms with E-state index in [-0.39, 0.29) is 5.82 Å². The van der Waals surface area contributed by atoms with Gasteiger partial charge in [-0.05, 0) is 34.6 Å². The molecule has 0 aliphatic heterocycles. The van der Waals surface area contributed by atoms with Gasteiger partial charge in [0.2, 0.25) is 0 Å². The number of pyridine rings is 1. The predicted molar refractivity (Wildman–Crippen MR) is 91.4 cm³/mol. The number of anilines is 1. The maximum absolute atomic E-state index is 12.2. The van der Waals surface area contributed by atoms with Gasteiger partial charge in [-0.2, -0.15) is 5.26 Å². The van der Waals surface area contributed by atoms with Crippen LogP contribution >= 0.6 is 0 Å². The fourth-order valence-electron chi connectivity index (χ4n) is 1.62. The van der Waals surface area contributed by atoms with Gasteiger partial charge in [-0.1, -0.05) is 6.92 Å². The van der Waals surface area contributed by atoms with Crippen LogP contribution in [0.5, 0.6) is 5.75 Å². The minimum atomic E-state index is -1.38. The summed E-state index contributed by atoms with van der Waals surface area (Å²) in [5, 5.41) is 11.5. The zero-order chi connectivity index (χ0) is 18.5. The van der Waals surface area contributed by atoms with Crippen molar-refractivity contribution in [3.63, 3.8) is 0 Å². The number of nitrogens with zero attached hydrogens (tertiary/aromatic N) is 2. The third-order valence-corrected chi connectivity index (χ3v) is 3.92. The molecule has 1 heterocycles. The van der Waals surface area contributed by atoms with Crippen LogP contribution in [-0.2, 0) is 15.5 Å². The maximum Gasteiger partial charge on any atom is 0.413 e. The van der Waals surface area contributed by atoms with Gasteiger partial charge in [-0.3, -0.25) is 9.53 Å². The highest BCUT2D eigenvalue weighted by Crippen LogP contribution is 2.26. The van der Waals surface area contributed by atoms with E-state index in [1.165, 1.54) is 12.3 Å². The van der Waals surface area contributed by atoms with Crippen LogP contribution < -0.4 is 10.1 Å². The van der Waals surface area contributed by atoms with Crippen molar-refractivity contribution >= 4 is 22.7 Å². The second-order valence-corrected chi connectivity index (χ2v) is 8.21. The lowest BCUT2D eigenvalue weighted by Gasteiger charge is -2.21. The molecule has 8 heteroatoms. The van der Waals surface area contributed by atoms with Crippen LogP contribution in [0.1, 0.15) is 41.5 Å². The Balaban J connectivity index is 3.11. The summed E-state index contributed by atoms with van der Waals surface area (Å²) in [6, 6.07) is 3.52. The SMILES string of the molecule is CCS(=O)c1cc(OC(C)(C)C#N)cnc1NC(=O)OC(C)(C)C. The molecule has 24 heavy (non-hydrogen) atoms. The first-order chi connectivity index (χ1) is 11.0. The summed E-state index contributed by atoms with van der Waals surface area (Å²) in [5.41, 5.74) is -1.71. The molecule has 0 fully saturated rings. The van der Waals surface area contributed by atoms with Crippen LogP contribution in [0.25, 0.3) is 0 Å².